The summed E-state index contributed by atoms with van der Waals surface area (Å²) in [6.45, 7) is 8.33. The molecule has 160 valence electrons. The molecule has 2 nitrogen and oxygen atoms in total. The van der Waals surface area contributed by atoms with Crippen LogP contribution in [0.3, 0.4) is 0 Å². The first-order valence-corrected chi connectivity index (χ1v) is 8.31. The second-order valence-corrected chi connectivity index (χ2v) is 5.85. The fourth-order valence-electron chi connectivity index (χ4n) is 1.88. The number of rotatable bonds is 0. The Hall–Kier alpha value is -1.30. The maximum Gasteiger partial charge on any atom is 0 e. The van der Waals surface area contributed by atoms with Crippen molar-refractivity contribution in [1.82, 2.24) is 0 Å². The van der Waals surface area contributed by atoms with Gasteiger partial charge in [-0.25, -0.2) is 43.3 Å². The third kappa shape index (κ3) is 19.5. The van der Waals surface area contributed by atoms with Gasteiger partial charge in [0.25, 0.3) is 0 Å². The zero-order chi connectivity index (χ0) is 17.6. The van der Waals surface area contributed by atoms with Gasteiger partial charge in [0.2, 0.25) is 0 Å². The summed E-state index contributed by atoms with van der Waals surface area (Å²) in [5, 5.41) is 0. The van der Waals surface area contributed by atoms with Gasteiger partial charge in [-0.2, -0.15) is 53.1 Å². The van der Waals surface area contributed by atoms with Crippen molar-refractivity contribution in [3.05, 3.63) is 119 Å². The van der Waals surface area contributed by atoms with Crippen LogP contribution < -0.4 is 0 Å². The molecule has 4 aromatic carbocycles. The molecule has 0 radical (unpaired) electrons. The van der Waals surface area contributed by atoms with Gasteiger partial charge in [-0.15, -0.1) is 0 Å². The van der Waals surface area contributed by atoms with E-state index in [1.165, 1.54) is 22.3 Å². The second kappa shape index (κ2) is 22.0. The van der Waals surface area contributed by atoms with Gasteiger partial charge in [0.15, 0.2) is 0 Å². The quantitative estimate of drug-likeness (QED) is 0.216. The average molecular weight is 544 g/mol. The summed E-state index contributed by atoms with van der Waals surface area (Å²) in [5.41, 5.74) is 5.37. The van der Waals surface area contributed by atoms with Crippen LogP contribution >= 0.6 is 0 Å². The molecule has 4 rings (SSSR count). The Balaban J connectivity index is -0.000000131. The van der Waals surface area contributed by atoms with Crippen molar-refractivity contribution >= 4 is 0 Å². The Morgan fingerprint density at radius 2 is 0.679 bits per heavy atom. The van der Waals surface area contributed by atoms with Gasteiger partial charge in [0.1, 0.15) is 0 Å². The van der Waals surface area contributed by atoms with E-state index >= 15 is 0 Å². The molecule has 4 aromatic rings. The predicted octanol–water partition coefficient (Wildman–Crippen LogP) is 5.20. The summed E-state index contributed by atoms with van der Waals surface area (Å²) in [7, 11) is 0. The van der Waals surface area contributed by atoms with Crippen molar-refractivity contribution in [2.45, 2.75) is 27.7 Å². The summed E-state index contributed by atoms with van der Waals surface area (Å²) in [4.78, 5) is 0. The molecule has 0 aliphatic rings. The van der Waals surface area contributed by atoms with Crippen LogP contribution in [-0.4, -0.2) is 11.0 Å². The van der Waals surface area contributed by atoms with E-state index in [0.29, 0.717) is 0 Å². The third-order valence-electron chi connectivity index (χ3n) is 3.32. The van der Waals surface area contributed by atoms with Crippen LogP contribution in [0.5, 0.6) is 0 Å². The molecule has 4 heteroatoms. The van der Waals surface area contributed by atoms with Crippen LogP contribution in [0.4, 0.5) is 0 Å². The van der Waals surface area contributed by atoms with Crippen LogP contribution in [0.25, 0.3) is 0 Å². The van der Waals surface area contributed by atoms with Crippen LogP contribution in [-0.2, 0) is 42.1 Å². The van der Waals surface area contributed by atoms with Crippen molar-refractivity contribution in [3.63, 3.8) is 0 Å². The largest absolute Gasteiger partial charge is 0.748 e. The zero-order valence-electron chi connectivity index (χ0n) is 17.1. The molecule has 28 heavy (non-hydrogen) atoms. The molecule has 4 N–H and O–H groups in total. The molecular weight excluding hydrogens is 512 g/mol. The maximum absolute atomic E-state index is 2.08. The Kier molecular flexibility index (Phi) is 26.9. The summed E-state index contributed by atoms with van der Waals surface area (Å²) in [6, 6.07) is 33.0. The molecule has 0 aliphatic carbocycles. The molecule has 0 saturated heterocycles. The van der Waals surface area contributed by atoms with E-state index in [0.717, 1.165) is 0 Å². The molecule has 0 bridgehead atoms. The van der Waals surface area contributed by atoms with E-state index in [1.807, 2.05) is 48.5 Å². The normalized spacial score (nSPS) is 7.57. The van der Waals surface area contributed by atoms with Crippen molar-refractivity contribution in [2.24, 2.45) is 0 Å². The van der Waals surface area contributed by atoms with Crippen LogP contribution in [0.1, 0.15) is 22.3 Å². The Labute approximate surface area is 199 Å². The van der Waals surface area contributed by atoms with Gasteiger partial charge in [0.05, 0.1) is 0 Å². The van der Waals surface area contributed by atoms with Gasteiger partial charge in [-0.1, -0.05) is 20.8 Å². The topological polar surface area (TPSA) is 63.0 Å². The number of hydrogen-bond donors (Lipinski definition) is 0. The molecule has 0 aromatic heterocycles. The molecular formula is C24H32Mo2O2-8. The van der Waals surface area contributed by atoms with Crippen molar-refractivity contribution in [2.75, 3.05) is 0 Å². The van der Waals surface area contributed by atoms with Gasteiger partial charge in [0, 0.05) is 42.1 Å². The van der Waals surface area contributed by atoms with Crippen LogP contribution in [0.2, 0.25) is 0 Å². The number of hydrogen-bond acceptors (Lipinski definition) is 0. The Morgan fingerprint density at radius 3 is 0.750 bits per heavy atom. The average Bonchev–Trinajstić information content (AvgIpc) is 3.31. The van der Waals surface area contributed by atoms with Crippen molar-refractivity contribution in [3.8, 4) is 0 Å². The molecule has 0 spiro atoms. The van der Waals surface area contributed by atoms with Gasteiger partial charge in [-0.3, -0.25) is 0 Å². The van der Waals surface area contributed by atoms with E-state index < -0.39 is 0 Å². The summed E-state index contributed by atoms with van der Waals surface area (Å²) in [6.07, 6.45) is 0. The molecule has 0 saturated carbocycles. The monoisotopic (exact) mass is 548 g/mol. The minimum Gasteiger partial charge on any atom is -0.748 e. The fraction of sp³-hybridized carbons (Fsp3) is 0.167. The summed E-state index contributed by atoms with van der Waals surface area (Å²) >= 11 is 0. The molecule has 0 unspecified atom stereocenters. The molecule has 0 atom stereocenters. The predicted molar refractivity (Wildman–Crippen MR) is 114 cm³/mol. The van der Waals surface area contributed by atoms with Crippen molar-refractivity contribution < 1.29 is 53.1 Å². The minimum atomic E-state index is 0. The van der Waals surface area contributed by atoms with Crippen LogP contribution in [0.15, 0.2) is 97.1 Å². The first-order valence-electron chi connectivity index (χ1n) is 8.31. The van der Waals surface area contributed by atoms with E-state index in [-0.39, 0.29) is 53.1 Å². The number of aryl methyl sites for hydroxylation is 4. The van der Waals surface area contributed by atoms with Crippen molar-refractivity contribution in [1.29, 1.82) is 0 Å². The van der Waals surface area contributed by atoms with E-state index in [1.54, 1.807) is 0 Å². The fourth-order valence-corrected chi connectivity index (χ4v) is 1.88. The van der Waals surface area contributed by atoms with Gasteiger partial charge in [-0.05, 0) is 0 Å². The first kappa shape index (κ1) is 34.2. The minimum absolute atomic E-state index is 0. The van der Waals surface area contributed by atoms with E-state index in [9.17, 15) is 0 Å². The Morgan fingerprint density at radius 1 is 0.464 bits per heavy atom. The Bertz CT molecular complexity index is 564. The summed E-state index contributed by atoms with van der Waals surface area (Å²) < 4.78 is 0. The maximum atomic E-state index is 2.08. The SMILES string of the molecule is C[c-]1[cH-][cH-][cH-][cH-]1.C[c-]1cccc1.C[c-]1cccc1.C[c-]1cccc1.O.O.[Mo].[Mo]. The second-order valence-electron chi connectivity index (χ2n) is 5.85. The molecule has 0 heterocycles. The molecule has 0 fully saturated rings. The van der Waals surface area contributed by atoms with E-state index in [2.05, 4.69) is 76.2 Å². The zero-order valence-corrected chi connectivity index (χ0v) is 21.1. The summed E-state index contributed by atoms with van der Waals surface area (Å²) in [5.74, 6) is 0. The molecule has 0 amide bonds. The van der Waals surface area contributed by atoms with Crippen LogP contribution in [0, 0.1) is 27.7 Å². The van der Waals surface area contributed by atoms with Gasteiger partial charge < -0.3 is 40.8 Å². The van der Waals surface area contributed by atoms with Gasteiger partial charge >= 0.3 is 0 Å². The van der Waals surface area contributed by atoms with E-state index in [4.69, 9.17) is 0 Å². The third-order valence-corrected chi connectivity index (χ3v) is 3.32. The first-order chi connectivity index (χ1) is 11.6. The standard InChI is InChI=1S/4C6H7.2Mo.2H2O/c4*1-6-4-2-3-5-6;;;;/h4*2-5H,1H3;;;2*1H2/q-5;3*-1;;;;. The smallest absolute Gasteiger partial charge is 0 e. The molecule has 0 aliphatic heterocycles.